The third-order valence-corrected chi connectivity index (χ3v) is 7.81. The highest BCUT2D eigenvalue weighted by Gasteiger charge is 2.54. The van der Waals surface area contributed by atoms with Gasteiger partial charge in [-0.3, -0.25) is 24.0 Å². The minimum Gasteiger partial charge on any atom is -0.462 e. The summed E-state index contributed by atoms with van der Waals surface area (Å²) in [6.07, 6.45) is 5.62. The van der Waals surface area contributed by atoms with Gasteiger partial charge < -0.3 is 19.5 Å². The standard InChI is InChI=1S/C31H29F2N5O6/c1-2-43-28(40)21-13-20(16-34-17-21)19-3-5-23-24(14-19)35-18-38(27(23)39)22-4-6-26(44-30(32)33)25(15-22)36-29(41)31(7-8-31)37-9-11-42-12-10-37/h3-6,13-18,30H,2,7-12H2,1H3,(H,36,41). The number of carbonyl (C=O) groups is 2. The molecule has 228 valence electrons. The van der Waals surface area contributed by atoms with E-state index in [1.165, 1.54) is 35.3 Å². The summed E-state index contributed by atoms with van der Waals surface area (Å²) in [5.74, 6) is -1.04. The van der Waals surface area contributed by atoms with E-state index >= 15 is 0 Å². The Hall–Kier alpha value is -4.75. The van der Waals surface area contributed by atoms with Crippen molar-refractivity contribution in [2.24, 2.45) is 0 Å². The van der Waals surface area contributed by atoms with Crippen molar-refractivity contribution in [1.29, 1.82) is 0 Å². The number of ether oxygens (including phenoxy) is 3. The Morgan fingerprint density at radius 2 is 1.86 bits per heavy atom. The topological polar surface area (TPSA) is 125 Å². The number of hydrogen-bond acceptors (Lipinski definition) is 9. The largest absolute Gasteiger partial charge is 0.462 e. The summed E-state index contributed by atoms with van der Waals surface area (Å²) in [6, 6.07) is 10.8. The summed E-state index contributed by atoms with van der Waals surface area (Å²) in [6.45, 7) is 1.07. The first kappa shape index (κ1) is 29.3. The zero-order valence-corrected chi connectivity index (χ0v) is 23.8. The van der Waals surface area contributed by atoms with Gasteiger partial charge in [-0.1, -0.05) is 6.07 Å². The van der Waals surface area contributed by atoms with E-state index in [1.807, 2.05) is 0 Å². The van der Waals surface area contributed by atoms with E-state index in [1.54, 1.807) is 37.4 Å². The Morgan fingerprint density at radius 3 is 2.59 bits per heavy atom. The zero-order chi connectivity index (χ0) is 30.8. The van der Waals surface area contributed by atoms with Crippen LogP contribution in [-0.2, 0) is 14.3 Å². The lowest BCUT2D eigenvalue weighted by atomic mass is 10.0. The van der Waals surface area contributed by atoms with E-state index in [-0.39, 0.29) is 24.0 Å². The van der Waals surface area contributed by atoms with Gasteiger partial charge in [-0.25, -0.2) is 9.78 Å². The van der Waals surface area contributed by atoms with Gasteiger partial charge in [-0.15, -0.1) is 0 Å². The number of rotatable bonds is 9. The molecule has 11 nitrogen and oxygen atoms in total. The van der Waals surface area contributed by atoms with Gasteiger partial charge in [0.05, 0.1) is 47.7 Å². The fourth-order valence-electron chi connectivity index (χ4n) is 5.41. The number of fused-ring (bicyclic) bond motifs is 1. The second-order valence-corrected chi connectivity index (χ2v) is 10.5. The Kier molecular flexibility index (Phi) is 8.06. The third kappa shape index (κ3) is 5.75. The number of hydrogen-bond donors (Lipinski definition) is 1. The van der Waals surface area contributed by atoms with Crippen molar-refractivity contribution in [3.8, 4) is 22.6 Å². The van der Waals surface area contributed by atoms with E-state index in [4.69, 9.17) is 9.47 Å². The monoisotopic (exact) mass is 605 g/mol. The fraction of sp³-hybridized carbons (Fsp3) is 0.323. The van der Waals surface area contributed by atoms with Gasteiger partial charge in [0.25, 0.3) is 5.56 Å². The lowest BCUT2D eigenvalue weighted by Crippen LogP contribution is -2.51. The Balaban J connectivity index is 1.31. The lowest BCUT2D eigenvalue weighted by molar-refractivity contribution is -0.124. The zero-order valence-electron chi connectivity index (χ0n) is 23.8. The van der Waals surface area contributed by atoms with Crippen molar-refractivity contribution in [2.45, 2.75) is 31.9 Å². The SMILES string of the molecule is CCOC(=O)c1cncc(-c2ccc3c(=O)n(-c4ccc(OC(F)F)c(NC(=O)C5(N6CCOCC6)CC5)c4)cnc3c2)c1. The molecule has 6 rings (SSSR count). The smallest absolute Gasteiger partial charge is 0.387 e. The molecule has 44 heavy (non-hydrogen) atoms. The molecule has 1 amide bonds. The fourth-order valence-corrected chi connectivity index (χ4v) is 5.41. The quantitative estimate of drug-likeness (QED) is 0.282. The maximum atomic E-state index is 13.6. The van der Waals surface area contributed by atoms with E-state index in [2.05, 4.69) is 24.9 Å². The summed E-state index contributed by atoms with van der Waals surface area (Å²) in [7, 11) is 0. The van der Waals surface area contributed by atoms with Crippen LogP contribution in [0, 0.1) is 0 Å². The highest BCUT2D eigenvalue weighted by Crippen LogP contribution is 2.44. The molecule has 1 saturated carbocycles. The number of halogens is 2. The van der Waals surface area contributed by atoms with Crippen LogP contribution in [0.15, 0.2) is 66.0 Å². The van der Waals surface area contributed by atoms with E-state index in [9.17, 15) is 23.2 Å². The van der Waals surface area contributed by atoms with Crippen LogP contribution in [-0.4, -0.2) is 76.4 Å². The minimum absolute atomic E-state index is 0.0173. The average Bonchev–Trinajstić information content (AvgIpc) is 3.85. The number of esters is 1. The van der Waals surface area contributed by atoms with Crippen LogP contribution >= 0.6 is 0 Å². The number of aromatic nitrogens is 3. The summed E-state index contributed by atoms with van der Waals surface area (Å²) < 4.78 is 42.9. The molecule has 1 saturated heterocycles. The first-order valence-corrected chi connectivity index (χ1v) is 14.2. The Morgan fingerprint density at radius 1 is 1.07 bits per heavy atom. The van der Waals surface area contributed by atoms with Crippen molar-refractivity contribution >= 4 is 28.5 Å². The van der Waals surface area contributed by atoms with Crippen LogP contribution < -0.4 is 15.6 Å². The second-order valence-electron chi connectivity index (χ2n) is 10.5. The van der Waals surface area contributed by atoms with Crippen LogP contribution in [0.3, 0.4) is 0 Å². The molecular weight excluding hydrogens is 576 g/mol. The molecule has 0 spiro atoms. The number of nitrogens with zero attached hydrogens (tertiary/aromatic N) is 4. The molecular formula is C31H29F2N5O6. The van der Waals surface area contributed by atoms with E-state index < -0.39 is 23.7 Å². The average molecular weight is 606 g/mol. The highest BCUT2D eigenvalue weighted by molar-refractivity contribution is 6.01. The number of anilines is 1. The molecule has 1 aliphatic heterocycles. The maximum Gasteiger partial charge on any atom is 0.387 e. The van der Waals surface area contributed by atoms with Gasteiger partial charge in [0.15, 0.2) is 0 Å². The molecule has 1 aliphatic carbocycles. The van der Waals surface area contributed by atoms with Crippen molar-refractivity contribution in [3.63, 3.8) is 0 Å². The maximum absolute atomic E-state index is 13.6. The van der Waals surface area contributed by atoms with Gasteiger partial charge in [0, 0.05) is 31.0 Å². The highest BCUT2D eigenvalue weighted by atomic mass is 19.3. The number of amides is 1. The predicted octanol–water partition coefficient (Wildman–Crippen LogP) is 4.03. The third-order valence-electron chi connectivity index (χ3n) is 7.81. The number of morpholine rings is 1. The van der Waals surface area contributed by atoms with Gasteiger partial charge in [-0.2, -0.15) is 8.78 Å². The van der Waals surface area contributed by atoms with Crippen molar-refractivity contribution in [3.05, 3.63) is 77.1 Å². The first-order valence-electron chi connectivity index (χ1n) is 14.2. The molecule has 3 heterocycles. The molecule has 4 aromatic rings. The Bertz CT molecular complexity index is 1790. The molecule has 2 aliphatic rings. The normalized spacial score (nSPS) is 16.1. The molecule has 0 bridgehead atoms. The summed E-state index contributed by atoms with van der Waals surface area (Å²) in [5.41, 5.74) is 1.21. The molecule has 2 aromatic heterocycles. The number of pyridine rings is 1. The van der Waals surface area contributed by atoms with Crippen LogP contribution in [0.1, 0.15) is 30.1 Å². The van der Waals surface area contributed by atoms with Crippen LogP contribution in [0.5, 0.6) is 5.75 Å². The van der Waals surface area contributed by atoms with Gasteiger partial charge in [0.1, 0.15) is 17.6 Å². The van der Waals surface area contributed by atoms with Crippen LogP contribution in [0.25, 0.3) is 27.7 Å². The summed E-state index contributed by atoms with van der Waals surface area (Å²) in [5, 5.41) is 3.07. The summed E-state index contributed by atoms with van der Waals surface area (Å²) >= 11 is 0. The van der Waals surface area contributed by atoms with Crippen LogP contribution in [0.2, 0.25) is 0 Å². The van der Waals surface area contributed by atoms with Crippen LogP contribution in [0.4, 0.5) is 14.5 Å². The van der Waals surface area contributed by atoms with E-state index in [0.717, 1.165) is 0 Å². The lowest BCUT2D eigenvalue weighted by Gasteiger charge is -2.34. The molecule has 1 N–H and O–H groups in total. The molecule has 0 radical (unpaired) electrons. The number of benzene rings is 2. The van der Waals surface area contributed by atoms with E-state index in [0.29, 0.717) is 72.4 Å². The predicted molar refractivity (Wildman–Crippen MR) is 156 cm³/mol. The van der Waals surface area contributed by atoms with Crippen molar-refractivity contribution < 1.29 is 32.6 Å². The number of alkyl halides is 2. The second kappa shape index (κ2) is 12.1. The minimum atomic E-state index is -3.11. The molecule has 13 heteroatoms. The van der Waals surface area contributed by atoms with Gasteiger partial charge in [-0.05, 0) is 61.7 Å². The summed E-state index contributed by atoms with van der Waals surface area (Å²) in [4.78, 5) is 49.8. The molecule has 2 fully saturated rings. The van der Waals surface area contributed by atoms with Crippen molar-refractivity contribution in [2.75, 3.05) is 38.2 Å². The molecule has 0 atom stereocenters. The van der Waals surface area contributed by atoms with Gasteiger partial charge >= 0.3 is 12.6 Å². The Labute approximate surface area is 250 Å². The number of nitrogens with one attached hydrogen (secondary N) is 1. The molecule has 0 unspecified atom stereocenters. The van der Waals surface area contributed by atoms with Crippen molar-refractivity contribution in [1.82, 2.24) is 19.4 Å². The van der Waals surface area contributed by atoms with Gasteiger partial charge in [0.2, 0.25) is 5.91 Å². The first-order chi connectivity index (χ1) is 21.3. The molecule has 2 aromatic carbocycles. The number of carbonyl (C=O) groups excluding carboxylic acids is 2.